The minimum absolute atomic E-state index is 0.639. The van der Waals surface area contributed by atoms with Crippen molar-refractivity contribution in [3.63, 3.8) is 0 Å². The number of hydrogen-bond donors (Lipinski definition) is 0. The van der Waals surface area contributed by atoms with E-state index < -0.39 is 0 Å². The number of aromatic nitrogens is 12. The molecule has 0 aliphatic carbocycles. The third-order valence-corrected chi connectivity index (χ3v) is 6.58. The van der Waals surface area contributed by atoms with Gasteiger partial charge in [-0.3, -0.25) is 24.9 Å². The van der Waals surface area contributed by atoms with Gasteiger partial charge in [0.05, 0.1) is 24.1 Å². The summed E-state index contributed by atoms with van der Waals surface area (Å²) < 4.78 is 2.95. The predicted octanol–water partition coefficient (Wildman–Crippen LogP) is 13.7. The van der Waals surface area contributed by atoms with Crippen molar-refractivity contribution in [3.8, 4) is 0 Å². The molecule has 0 spiro atoms. The van der Waals surface area contributed by atoms with Gasteiger partial charge in [0.25, 0.3) is 6.33 Å². The summed E-state index contributed by atoms with van der Waals surface area (Å²) in [4.78, 5) is 29.9. The summed E-state index contributed by atoms with van der Waals surface area (Å²) in [6, 6.07) is 37.5. The zero-order valence-electron chi connectivity index (χ0n) is 48.1. The Hall–Kier alpha value is -8.92. The first-order valence-corrected chi connectivity index (χ1v) is 25.8. The van der Waals surface area contributed by atoms with Crippen LogP contribution in [0.25, 0.3) is 21.8 Å². The summed E-state index contributed by atoms with van der Waals surface area (Å²) in [6.07, 6.45) is 30.8. The maximum atomic E-state index is 11.1. The van der Waals surface area contributed by atoms with Crippen LogP contribution in [0.2, 0.25) is 0 Å². The quantitative estimate of drug-likeness (QED) is 0.103. The molecule has 16 nitrogen and oxygen atoms in total. The topological polar surface area (TPSA) is 211 Å². The van der Waals surface area contributed by atoms with E-state index in [0.717, 1.165) is 25.9 Å². The molecule has 0 amide bonds. The average molecular weight is 1040 g/mol. The molecule has 0 bridgehead atoms. The van der Waals surface area contributed by atoms with Gasteiger partial charge in [0.1, 0.15) is 12.5 Å². The van der Waals surface area contributed by atoms with Crippen LogP contribution in [0.15, 0.2) is 246 Å². The second kappa shape index (κ2) is 70.3. The van der Waals surface area contributed by atoms with Crippen molar-refractivity contribution in [1.29, 1.82) is 0 Å². The van der Waals surface area contributed by atoms with Gasteiger partial charge in [0, 0.05) is 96.9 Å². The number of benzene rings is 2. The Bertz CT molecular complexity index is 2180. The maximum Gasteiger partial charge on any atom is 0.289 e. The van der Waals surface area contributed by atoms with Crippen LogP contribution in [0, 0.1) is 20.8 Å². The van der Waals surface area contributed by atoms with Crippen LogP contribution >= 0.6 is 0 Å². The molecule has 10 aromatic rings. The molecule has 0 saturated carbocycles. The number of fused-ring (bicyclic) bond motifs is 2. The summed E-state index contributed by atoms with van der Waals surface area (Å²) in [5, 5.41) is 43.7. The zero-order valence-corrected chi connectivity index (χ0v) is 48.1. The first-order valence-electron chi connectivity index (χ1n) is 25.8. The number of para-hydroxylation sites is 2. The van der Waals surface area contributed by atoms with Gasteiger partial charge in [0.2, 0.25) is 5.52 Å². The van der Waals surface area contributed by atoms with Gasteiger partial charge in [0.15, 0.2) is 31.0 Å². The molecule has 0 atom stereocenters. The zero-order chi connectivity index (χ0) is 58.6. The van der Waals surface area contributed by atoms with E-state index in [1.807, 2.05) is 190 Å². The highest BCUT2D eigenvalue weighted by Gasteiger charge is 1.98. The molecule has 0 radical (unpaired) electrons. The van der Waals surface area contributed by atoms with E-state index in [2.05, 4.69) is 52.0 Å². The van der Waals surface area contributed by atoms with Crippen LogP contribution in [0.3, 0.4) is 0 Å². The molecule has 76 heavy (non-hydrogen) atoms. The molecule has 8 aromatic heterocycles. The molecule has 0 unspecified atom stereocenters. The molecule has 8 heterocycles. The lowest BCUT2D eigenvalue weighted by Crippen LogP contribution is -2.25. The molecule has 412 valence electrons. The number of hydrogen-bond acceptors (Lipinski definition) is 12. The smallest absolute Gasteiger partial charge is 0.289 e. The number of pyridine rings is 4. The van der Waals surface area contributed by atoms with Crippen LogP contribution in [0.5, 0.6) is 0 Å². The van der Waals surface area contributed by atoms with Gasteiger partial charge >= 0.3 is 0 Å². The Morgan fingerprint density at radius 2 is 0.684 bits per heavy atom. The van der Waals surface area contributed by atoms with Crippen molar-refractivity contribution in [2.24, 2.45) is 0 Å². The highest BCUT2D eigenvalue weighted by Crippen LogP contribution is 2.08. The minimum Gasteiger partial charge on any atom is -0.711 e. The van der Waals surface area contributed by atoms with E-state index in [-0.39, 0.29) is 0 Å². The van der Waals surface area contributed by atoms with Gasteiger partial charge in [-0.25, -0.2) is 14.7 Å². The Balaban J connectivity index is -0.000000179. The first kappa shape index (κ1) is 78.5. The fraction of sp³-hybridized carbons (Fsp3) is 0.267. The number of rotatable bonds is 0. The second-order valence-corrected chi connectivity index (χ2v) is 10.9. The van der Waals surface area contributed by atoms with E-state index >= 15 is 0 Å². The van der Waals surface area contributed by atoms with Crippen LogP contribution in [-0.2, 0) is 0 Å². The van der Waals surface area contributed by atoms with Gasteiger partial charge in [-0.15, -0.1) is 0 Å². The van der Waals surface area contributed by atoms with E-state index in [4.69, 9.17) is 0 Å². The average Bonchev–Trinajstić information content (AvgIpc) is 3.54. The molecule has 0 N–H and O–H groups in total. The van der Waals surface area contributed by atoms with Crippen molar-refractivity contribution in [2.75, 3.05) is 0 Å². The summed E-state index contributed by atoms with van der Waals surface area (Å²) in [5.74, 6) is 0. The van der Waals surface area contributed by atoms with Crippen molar-refractivity contribution in [1.82, 2.24) is 39.9 Å². The highest BCUT2D eigenvalue weighted by molar-refractivity contribution is 5.77. The molecule has 2 aromatic carbocycles. The normalized spacial score (nSPS) is 7.68. The first-order chi connectivity index (χ1) is 37.5. The number of nitrogens with zero attached hydrogens (tertiary/aromatic N) is 12. The van der Waals surface area contributed by atoms with E-state index in [1.165, 1.54) is 67.6 Å². The third-order valence-electron chi connectivity index (χ3n) is 6.58. The summed E-state index contributed by atoms with van der Waals surface area (Å²) in [5.41, 5.74) is 1.78. The van der Waals surface area contributed by atoms with Crippen molar-refractivity contribution >= 4 is 21.8 Å². The van der Waals surface area contributed by atoms with Crippen LogP contribution < -0.4 is 18.9 Å². The van der Waals surface area contributed by atoms with E-state index in [9.17, 15) is 20.8 Å². The Morgan fingerprint density at radius 3 is 1.03 bits per heavy atom. The predicted molar refractivity (Wildman–Crippen MR) is 316 cm³/mol. The molecule has 0 aliphatic rings. The lowest BCUT2D eigenvalue weighted by molar-refractivity contribution is -0.608. The molecule has 16 heteroatoms. The largest absolute Gasteiger partial charge is 0.711 e. The standard InChI is InChI=1S/C9H7NO.C9H7N.C5H5NO.C5H5N.2C4H4N2O.2C4H4N2.8C2H6/c11-10-7-3-5-8-4-1-2-6-9(8)10;1-2-6-9-8(4-1)5-3-7-10-9;7-6-4-2-1-3-5-6;1-2-4-6-5-3-1;7-6-3-1-5-2-4-6;7-6-3-1-2-5-4-6;1-2-6-4-3-5-1;1-2-5-4-6-3-1;8*1-2/h1-7H;1-7H;1-5H;1-5H;2*1-4H;2*1-4H;8*1-2H3. The highest BCUT2D eigenvalue weighted by atomic mass is 16.5. The second-order valence-electron chi connectivity index (χ2n) is 10.9. The van der Waals surface area contributed by atoms with E-state index in [1.54, 1.807) is 92.2 Å². The minimum atomic E-state index is 0.639. The fourth-order valence-corrected chi connectivity index (χ4v) is 3.98. The Kier molecular flexibility index (Phi) is 72.7. The van der Waals surface area contributed by atoms with Gasteiger partial charge < -0.3 is 20.8 Å². The lowest BCUT2D eigenvalue weighted by Gasteiger charge is -1.98. The summed E-state index contributed by atoms with van der Waals surface area (Å²) in [7, 11) is 0. The van der Waals surface area contributed by atoms with Crippen LogP contribution in [0.1, 0.15) is 111 Å². The van der Waals surface area contributed by atoms with E-state index in [0.29, 0.717) is 9.46 Å². The SMILES string of the molecule is CC.CC.CC.CC.CC.CC.CC.CC.[O-][n+]1cccc2ccccc21.[O-][n+]1ccccc1.[O-][n+]1cccnc1.[O-][n+]1ccncc1.c1ccc2ncccc2c1.c1ccncc1.c1cnccn1.c1cncnc1. The molecule has 10 rings (SSSR count). The molecular weight excluding hydrogens is 953 g/mol. The van der Waals surface area contributed by atoms with Gasteiger partial charge in [-0.05, 0) is 42.5 Å². The van der Waals surface area contributed by atoms with Crippen LogP contribution in [0.4, 0.5) is 0 Å². The Morgan fingerprint density at radius 1 is 0.276 bits per heavy atom. The maximum absolute atomic E-state index is 11.1. The van der Waals surface area contributed by atoms with Crippen molar-refractivity contribution in [3.05, 3.63) is 266 Å². The Labute approximate surface area is 456 Å². The van der Waals surface area contributed by atoms with Gasteiger partial charge in [-0.2, -0.15) is 14.2 Å². The molecule has 0 fully saturated rings. The third kappa shape index (κ3) is 51.4. The van der Waals surface area contributed by atoms with Crippen molar-refractivity contribution in [2.45, 2.75) is 111 Å². The molecule has 0 aliphatic heterocycles. The molecular formula is C60H88N12O4. The van der Waals surface area contributed by atoms with Gasteiger partial charge in [-0.1, -0.05) is 164 Å². The summed E-state index contributed by atoms with van der Waals surface area (Å²) >= 11 is 0. The van der Waals surface area contributed by atoms with Crippen LogP contribution in [-0.4, -0.2) is 39.9 Å². The lowest BCUT2D eigenvalue weighted by atomic mass is 10.2. The fourth-order valence-electron chi connectivity index (χ4n) is 3.98. The summed E-state index contributed by atoms with van der Waals surface area (Å²) in [6.45, 7) is 32.0. The monoisotopic (exact) mass is 1040 g/mol. The van der Waals surface area contributed by atoms with Crippen molar-refractivity contribution < 1.29 is 18.9 Å². The molecule has 0 saturated heterocycles.